The molecule has 1 amide bonds. The van der Waals surface area contributed by atoms with Crippen molar-refractivity contribution in [1.82, 2.24) is 0 Å². The summed E-state index contributed by atoms with van der Waals surface area (Å²) in [5.74, 6) is 0.185. The van der Waals surface area contributed by atoms with Crippen LogP contribution >= 0.6 is 15.9 Å². The SMILES string of the molecule is Cc1cc(NC(=O)COc2ccc3ccc(=O)oc3c2)ccc1Br. The molecule has 3 rings (SSSR count). The van der Waals surface area contributed by atoms with Crippen LogP contribution in [0.25, 0.3) is 11.0 Å². The number of carbonyl (C=O) groups excluding carboxylic acids is 1. The van der Waals surface area contributed by atoms with Gasteiger partial charge in [-0.2, -0.15) is 0 Å². The minimum Gasteiger partial charge on any atom is -0.484 e. The van der Waals surface area contributed by atoms with E-state index < -0.39 is 5.63 Å². The number of nitrogens with one attached hydrogen (secondary N) is 1. The molecule has 1 heterocycles. The normalized spacial score (nSPS) is 10.6. The van der Waals surface area contributed by atoms with Crippen LogP contribution in [0.1, 0.15) is 5.56 Å². The number of aryl methyl sites for hydroxylation is 1. The number of anilines is 1. The largest absolute Gasteiger partial charge is 0.484 e. The van der Waals surface area contributed by atoms with Gasteiger partial charge in [-0.05, 0) is 48.9 Å². The van der Waals surface area contributed by atoms with Crippen LogP contribution in [0.5, 0.6) is 5.75 Å². The lowest BCUT2D eigenvalue weighted by Crippen LogP contribution is -2.20. The van der Waals surface area contributed by atoms with Crippen molar-refractivity contribution in [3.8, 4) is 5.75 Å². The lowest BCUT2D eigenvalue weighted by Gasteiger charge is -2.09. The molecule has 1 aromatic heterocycles. The van der Waals surface area contributed by atoms with Gasteiger partial charge in [0.05, 0.1) is 0 Å². The summed E-state index contributed by atoms with van der Waals surface area (Å²) in [4.78, 5) is 23.2. The van der Waals surface area contributed by atoms with Crippen LogP contribution in [0.2, 0.25) is 0 Å². The van der Waals surface area contributed by atoms with Gasteiger partial charge >= 0.3 is 5.63 Å². The highest BCUT2D eigenvalue weighted by Gasteiger charge is 2.06. The van der Waals surface area contributed by atoms with Crippen molar-refractivity contribution < 1.29 is 13.9 Å². The Balaban J connectivity index is 1.65. The van der Waals surface area contributed by atoms with Gasteiger partial charge in [-0.15, -0.1) is 0 Å². The van der Waals surface area contributed by atoms with E-state index in [9.17, 15) is 9.59 Å². The Kier molecular flexibility index (Phi) is 4.66. The fraction of sp³-hybridized carbons (Fsp3) is 0.111. The van der Waals surface area contributed by atoms with Crippen molar-refractivity contribution in [2.45, 2.75) is 6.92 Å². The molecule has 6 heteroatoms. The standard InChI is InChI=1S/C18H14BrNO4/c1-11-8-13(4-6-15(11)19)20-17(21)10-23-14-5-2-12-3-7-18(22)24-16(12)9-14/h2-9H,10H2,1H3,(H,20,21). The van der Waals surface area contributed by atoms with Crippen molar-refractivity contribution in [3.05, 3.63) is 69.0 Å². The Morgan fingerprint density at radius 1 is 1.17 bits per heavy atom. The van der Waals surface area contributed by atoms with Crippen LogP contribution < -0.4 is 15.7 Å². The molecule has 0 unspecified atom stereocenters. The fourth-order valence-electron chi connectivity index (χ4n) is 2.20. The molecular weight excluding hydrogens is 374 g/mol. The van der Waals surface area contributed by atoms with Crippen molar-refractivity contribution in [2.75, 3.05) is 11.9 Å². The molecule has 0 fully saturated rings. The van der Waals surface area contributed by atoms with Crippen LogP contribution in [0.3, 0.4) is 0 Å². The predicted molar refractivity (Wildman–Crippen MR) is 95.5 cm³/mol. The molecule has 0 atom stereocenters. The van der Waals surface area contributed by atoms with E-state index in [0.717, 1.165) is 15.4 Å². The Hall–Kier alpha value is -2.60. The summed E-state index contributed by atoms with van der Waals surface area (Å²) < 4.78 is 11.5. The summed E-state index contributed by atoms with van der Waals surface area (Å²) in [5, 5.41) is 3.56. The van der Waals surface area contributed by atoms with Gasteiger partial charge in [-0.1, -0.05) is 15.9 Å². The minimum atomic E-state index is -0.428. The van der Waals surface area contributed by atoms with Crippen molar-refractivity contribution in [3.63, 3.8) is 0 Å². The summed E-state index contributed by atoms with van der Waals surface area (Å²) in [6.07, 6.45) is 0. The van der Waals surface area contributed by atoms with Crippen molar-refractivity contribution in [2.24, 2.45) is 0 Å². The maximum Gasteiger partial charge on any atom is 0.336 e. The predicted octanol–water partition coefficient (Wildman–Crippen LogP) is 3.88. The van der Waals surface area contributed by atoms with Gasteiger partial charge in [-0.25, -0.2) is 4.79 Å². The number of ether oxygens (including phenoxy) is 1. The summed E-state index contributed by atoms with van der Waals surface area (Å²) in [6.45, 7) is 1.80. The molecule has 5 nitrogen and oxygen atoms in total. The van der Waals surface area contributed by atoms with E-state index >= 15 is 0 Å². The van der Waals surface area contributed by atoms with Crippen LogP contribution in [0.15, 0.2) is 62.2 Å². The number of rotatable bonds is 4. The highest BCUT2D eigenvalue weighted by Crippen LogP contribution is 2.21. The van der Waals surface area contributed by atoms with Gasteiger partial charge in [0.2, 0.25) is 0 Å². The zero-order valence-electron chi connectivity index (χ0n) is 12.8. The number of amides is 1. The highest BCUT2D eigenvalue weighted by atomic mass is 79.9. The number of benzene rings is 2. The van der Waals surface area contributed by atoms with E-state index in [0.29, 0.717) is 17.0 Å². The van der Waals surface area contributed by atoms with Gasteiger partial charge < -0.3 is 14.5 Å². The van der Waals surface area contributed by atoms with E-state index in [1.54, 1.807) is 30.3 Å². The minimum absolute atomic E-state index is 0.141. The molecule has 24 heavy (non-hydrogen) atoms. The lowest BCUT2D eigenvalue weighted by atomic mass is 10.2. The molecule has 0 aliphatic heterocycles. The summed E-state index contributed by atoms with van der Waals surface area (Å²) in [5.41, 5.74) is 1.72. The van der Waals surface area contributed by atoms with Crippen molar-refractivity contribution >= 4 is 38.5 Å². The Morgan fingerprint density at radius 3 is 2.75 bits per heavy atom. The molecule has 0 radical (unpaired) electrons. The molecule has 0 bridgehead atoms. The number of carbonyl (C=O) groups is 1. The first kappa shape index (κ1) is 16.3. The summed E-state index contributed by atoms with van der Waals surface area (Å²) in [6, 6.07) is 13.7. The zero-order valence-corrected chi connectivity index (χ0v) is 14.4. The van der Waals surface area contributed by atoms with E-state index in [2.05, 4.69) is 21.2 Å². The molecule has 0 aliphatic carbocycles. The second kappa shape index (κ2) is 6.88. The molecule has 122 valence electrons. The molecule has 2 aromatic carbocycles. The van der Waals surface area contributed by atoms with E-state index in [-0.39, 0.29) is 12.5 Å². The smallest absolute Gasteiger partial charge is 0.336 e. The van der Waals surface area contributed by atoms with E-state index in [1.165, 1.54) is 6.07 Å². The van der Waals surface area contributed by atoms with Crippen LogP contribution in [0.4, 0.5) is 5.69 Å². The number of fused-ring (bicyclic) bond motifs is 1. The lowest BCUT2D eigenvalue weighted by molar-refractivity contribution is -0.118. The summed E-state index contributed by atoms with van der Waals surface area (Å²) >= 11 is 3.41. The van der Waals surface area contributed by atoms with Gasteiger partial charge in [0.15, 0.2) is 6.61 Å². The Morgan fingerprint density at radius 2 is 1.96 bits per heavy atom. The third-order valence-electron chi connectivity index (χ3n) is 3.41. The topological polar surface area (TPSA) is 68.5 Å². The third kappa shape index (κ3) is 3.83. The summed E-state index contributed by atoms with van der Waals surface area (Å²) in [7, 11) is 0. The van der Waals surface area contributed by atoms with Gasteiger partial charge in [-0.3, -0.25) is 4.79 Å². The monoisotopic (exact) mass is 387 g/mol. The molecule has 0 saturated heterocycles. The second-order valence-corrected chi connectivity index (χ2v) is 6.11. The quantitative estimate of drug-likeness (QED) is 0.689. The second-order valence-electron chi connectivity index (χ2n) is 5.25. The first-order valence-corrected chi connectivity index (χ1v) is 8.03. The van der Waals surface area contributed by atoms with Gasteiger partial charge in [0.1, 0.15) is 11.3 Å². The molecule has 0 aliphatic rings. The zero-order chi connectivity index (χ0) is 17.1. The van der Waals surface area contributed by atoms with Gasteiger partial charge in [0.25, 0.3) is 5.91 Å². The van der Waals surface area contributed by atoms with Crippen LogP contribution in [-0.4, -0.2) is 12.5 Å². The fourth-order valence-corrected chi connectivity index (χ4v) is 2.45. The van der Waals surface area contributed by atoms with Crippen LogP contribution in [0, 0.1) is 6.92 Å². The van der Waals surface area contributed by atoms with Crippen LogP contribution in [-0.2, 0) is 4.79 Å². The molecule has 0 saturated carbocycles. The number of hydrogen-bond acceptors (Lipinski definition) is 4. The average molecular weight is 388 g/mol. The highest BCUT2D eigenvalue weighted by molar-refractivity contribution is 9.10. The maximum absolute atomic E-state index is 12.0. The third-order valence-corrected chi connectivity index (χ3v) is 4.30. The first-order valence-electron chi connectivity index (χ1n) is 7.24. The number of halogens is 1. The Bertz CT molecular complexity index is 965. The van der Waals surface area contributed by atoms with E-state index in [4.69, 9.17) is 9.15 Å². The van der Waals surface area contributed by atoms with E-state index in [1.807, 2.05) is 19.1 Å². The molecular formula is C18H14BrNO4. The first-order chi connectivity index (χ1) is 11.5. The molecule has 0 spiro atoms. The molecule has 3 aromatic rings. The van der Waals surface area contributed by atoms with Gasteiger partial charge in [0, 0.05) is 27.7 Å². The Labute approximate surface area is 146 Å². The van der Waals surface area contributed by atoms with Crippen molar-refractivity contribution in [1.29, 1.82) is 0 Å². The molecule has 1 N–H and O–H groups in total. The number of hydrogen-bond donors (Lipinski definition) is 1. The maximum atomic E-state index is 12.0. The average Bonchev–Trinajstić information content (AvgIpc) is 2.56.